The number of nitrogens with zero attached hydrogens (tertiary/aromatic N) is 2. The summed E-state index contributed by atoms with van der Waals surface area (Å²) in [5, 5.41) is 50.1. The highest BCUT2D eigenvalue weighted by atomic mass is 35.5. The van der Waals surface area contributed by atoms with Gasteiger partial charge in [-0.05, 0) is 34.9 Å². The van der Waals surface area contributed by atoms with Crippen molar-refractivity contribution in [3.63, 3.8) is 0 Å². The van der Waals surface area contributed by atoms with Crippen molar-refractivity contribution >= 4 is 40.2 Å². The second-order valence-electron chi connectivity index (χ2n) is 6.92. The Kier molecular flexibility index (Phi) is 6.86. The van der Waals surface area contributed by atoms with Crippen LogP contribution in [0.1, 0.15) is 16.7 Å². The molecular formula is C25H21ClN2O5. The average molecular weight is 465 g/mol. The van der Waals surface area contributed by atoms with Crippen LogP contribution in [0.15, 0.2) is 79.2 Å². The van der Waals surface area contributed by atoms with Crippen LogP contribution in [0.5, 0.6) is 0 Å². The monoisotopic (exact) mass is 464 g/mol. The van der Waals surface area contributed by atoms with Gasteiger partial charge in [0.05, 0.1) is 16.8 Å². The lowest BCUT2D eigenvalue weighted by Crippen LogP contribution is -2.03. The van der Waals surface area contributed by atoms with Crippen molar-refractivity contribution in [3.05, 3.63) is 101 Å². The minimum Gasteiger partial charge on any atom is -0.509 e. The molecule has 7 nitrogen and oxygen atoms in total. The highest BCUT2D eigenvalue weighted by Gasteiger charge is 2.20. The molecule has 0 aliphatic carbocycles. The lowest BCUT2D eigenvalue weighted by atomic mass is 9.95. The molecule has 1 heterocycles. The summed E-state index contributed by atoms with van der Waals surface area (Å²) in [4.78, 5) is 8.71. The maximum Gasteiger partial charge on any atom is 0.223 e. The number of hydrogen-bond donors (Lipinski definition) is 5. The van der Waals surface area contributed by atoms with Gasteiger partial charge < -0.3 is 25.5 Å². The second-order valence-corrected chi connectivity index (χ2v) is 7.26. The molecule has 0 radical (unpaired) electrons. The van der Waals surface area contributed by atoms with Crippen LogP contribution in [-0.2, 0) is 0 Å². The quantitative estimate of drug-likeness (QED) is 0.167. The second kappa shape index (κ2) is 9.60. The number of benzene rings is 2. The van der Waals surface area contributed by atoms with Crippen molar-refractivity contribution in [1.29, 1.82) is 0 Å². The van der Waals surface area contributed by atoms with Crippen molar-refractivity contribution in [2.45, 2.75) is 0 Å². The number of fused-ring (bicyclic) bond motifs is 1. The predicted octanol–water partition coefficient (Wildman–Crippen LogP) is 5.90. The van der Waals surface area contributed by atoms with E-state index in [4.69, 9.17) is 11.6 Å². The summed E-state index contributed by atoms with van der Waals surface area (Å²) in [6.07, 6.45) is 3.33. The Bertz CT molecular complexity index is 1360. The van der Waals surface area contributed by atoms with Gasteiger partial charge in [0.25, 0.3) is 0 Å². The molecule has 0 amide bonds. The van der Waals surface area contributed by atoms with Crippen LogP contribution in [0.4, 0.5) is 0 Å². The van der Waals surface area contributed by atoms with Gasteiger partial charge in [0, 0.05) is 16.5 Å². The number of hydrogen-bond acceptors (Lipinski definition) is 7. The van der Waals surface area contributed by atoms with Gasteiger partial charge in [-0.2, -0.15) is 0 Å². The lowest BCUT2D eigenvalue weighted by molar-refractivity contribution is 0.251. The fraction of sp³-hybridized carbons (Fsp3) is 0.0400. The zero-order valence-corrected chi connectivity index (χ0v) is 18.2. The van der Waals surface area contributed by atoms with Gasteiger partial charge in [0.1, 0.15) is 12.4 Å². The van der Waals surface area contributed by atoms with Gasteiger partial charge in [-0.3, -0.25) is 0 Å². The van der Waals surface area contributed by atoms with E-state index >= 15 is 0 Å². The number of allylic oxidation sites excluding steroid dienone is 1. The molecule has 0 bridgehead atoms. The summed E-state index contributed by atoms with van der Waals surface area (Å²) in [7, 11) is 0. The molecule has 1 aromatic heterocycles. The molecule has 2 aromatic carbocycles. The van der Waals surface area contributed by atoms with E-state index in [1.54, 1.807) is 30.4 Å². The van der Waals surface area contributed by atoms with E-state index in [1.165, 1.54) is 6.07 Å². The van der Waals surface area contributed by atoms with Gasteiger partial charge in [0.2, 0.25) is 5.28 Å². The standard InChI is InChI=1S/C25H21ClN2O5/c1-4-14-9-10-18-21(27-25(26)28-22(18)17(14)5-2)16-8-6-7-15(11-16)20(19(31)12-29)24(33)23(32)13(3)30/h4-11,29-33H,1-3,12H2/b20-19+,24-23-. The minimum absolute atomic E-state index is 0.00171. The topological polar surface area (TPSA) is 127 Å². The first kappa shape index (κ1) is 23.6. The fourth-order valence-electron chi connectivity index (χ4n) is 3.41. The molecule has 0 fully saturated rings. The zero-order valence-electron chi connectivity index (χ0n) is 17.5. The molecule has 0 aliphatic rings. The SMILES string of the molecule is C=Cc1ccc2c(-c3cccc(C(/C(O)=C(/O)C(=C)O)=C(\O)CO)c3)nc(Cl)nc2c1C=C. The lowest BCUT2D eigenvalue weighted by Gasteiger charge is -2.14. The molecule has 3 rings (SSSR count). The first-order valence-corrected chi connectivity index (χ1v) is 10.0. The molecule has 0 saturated carbocycles. The molecule has 5 N–H and O–H groups in total. The summed E-state index contributed by atoms with van der Waals surface area (Å²) in [5.41, 5.74) is 3.05. The zero-order chi connectivity index (χ0) is 24.3. The van der Waals surface area contributed by atoms with Crippen LogP contribution in [0, 0.1) is 0 Å². The Morgan fingerprint density at radius 1 is 0.970 bits per heavy atom. The van der Waals surface area contributed by atoms with Crippen molar-refractivity contribution in [3.8, 4) is 11.3 Å². The summed E-state index contributed by atoms with van der Waals surface area (Å²) in [6.45, 7) is 9.97. The third-order valence-corrected chi connectivity index (χ3v) is 5.10. The number of rotatable bonds is 7. The molecule has 0 saturated heterocycles. The number of aliphatic hydroxyl groups excluding tert-OH is 5. The maximum absolute atomic E-state index is 10.4. The van der Waals surface area contributed by atoms with Gasteiger partial charge in [-0.25, -0.2) is 9.97 Å². The molecule has 0 atom stereocenters. The maximum atomic E-state index is 10.4. The fourth-order valence-corrected chi connectivity index (χ4v) is 3.58. The third kappa shape index (κ3) is 4.45. The van der Waals surface area contributed by atoms with Crippen LogP contribution in [0.25, 0.3) is 39.9 Å². The van der Waals surface area contributed by atoms with Crippen LogP contribution in [0.3, 0.4) is 0 Å². The van der Waals surface area contributed by atoms with Crippen LogP contribution < -0.4 is 0 Å². The Morgan fingerprint density at radius 2 is 1.70 bits per heavy atom. The Morgan fingerprint density at radius 3 is 2.30 bits per heavy atom. The summed E-state index contributed by atoms with van der Waals surface area (Å²) >= 11 is 6.22. The predicted molar refractivity (Wildman–Crippen MR) is 131 cm³/mol. The van der Waals surface area contributed by atoms with Crippen LogP contribution in [-0.4, -0.2) is 42.1 Å². The van der Waals surface area contributed by atoms with E-state index in [2.05, 4.69) is 29.7 Å². The normalized spacial score (nSPS) is 12.7. The summed E-state index contributed by atoms with van der Waals surface area (Å²) in [5.74, 6) is -3.25. The highest BCUT2D eigenvalue weighted by Crippen LogP contribution is 2.34. The first-order valence-electron chi connectivity index (χ1n) is 9.63. The van der Waals surface area contributed by atoms with E-state index in [-0.39, 0.29) is 16.4 Å². The Hall–Kier alpha value is -4.07. The molecule has 0 spiro atoms. The number of halogens is 1. The van der Waals surface area contributed by atoms with Crippen molar-refractivity contribution < 1.29 is 25.5 Å². The minimum atomic E-state index is -0.946. The molecular weight excluding hydrogens is 444 g/mol. The summed E-state index contributed by atoms with van der Waals surface area (Å²) in [6, 6.07) is 10.1. The van der Waals surface area contributed by atoms with Crippen LogP contribution >= 0.6 is 11.6 Å². The van der Waals surface area contributed by atoms with Crippen molar-refractivity contribution in [2.24, 2.45) is 0 Å². The molecule has 8 heteroatoms. The summed E-state index contributed by atoms with van der Waals surface area (Å²) < 4.78 is 0. The van der Waals surface area contributed by atoms with Crippen molar-refractivity contribution in [2.75, 3.05) is 6.61 Å². The Labute approximate surface area is 194 Å². The highest BCUT2D eigenvalue weighted by molar-refractivity contribution is 6.29. The molecule has 168 valence electrons. The first-order chi connectivity index (χ1) is 15.7. The van der Waals surface area contributed by atoms with E-state index < -0.39 is 29.6 Å². The number of aromatic nitrogens is 2. The van der Waals surface area contributed by atoms with Gasteiger partial charge in [-0.15, -0.1) is 0 Å². The van der Waals surface area contributed by atoms with E-state index in [1.807, 2.05) is 12.1 Å². The molecule has 0 unspecified atom stereocenters. The number of aliphatic hydroxyl groups is 5. The smallest absolute Gasteiger partial charge is 0.223 e. The van der Waals surface area contributed by atoms with E-state index in [0.717, 1.165) is 11.1 Å². The third-order valence-electron chi connectivity index (χ3n) is 4.94. The van der Waals surface area contributed by atoms with Gasteiger partial charge in [-0.1, -0.05) is 56.2 Å². The largest absolute Gasteiger partial charge is 0.509 e. The van der Waals surface area contributed by atoms with Crippen LogP contribution in [0.2, 0.25) is 5.28 Å². The Balaban J connectivity index is 2.32. The van der Waals surface area contributed by atoms with Crippen molar-refractivity contribution in [1.82, 2.24) is 9.97 Å². The van der Waals surface area contributed by atoms with E-state index in [9.17, 15) is 25.5 Å². The van der Waals surface area contributed by atoms with Gasteiger partial charge >= 0.3 is 0 Å². The average Bonchev–Trinajstić information content (AvgIpc) is 2.82. The van der Waals surface area contributed by atoms with E-state index in [0.29, 0.717) is 22.2 Å². The molecule has 33 heavy (non-hydrogen) atoms. The molecule has 3 aromatic rings. The van der Waals surface area contributed by atoms with Gasteiger partial charge in [0.15, 0.2) is 17.3 Å². The molecule has 0 aliphatic heterocycles.